The summed E-state index contributed by atoms with van der Waals surface area (Å²) in [5, 5.41) is 0.602. The summed E-state index contributed by atoms with van der Waals surface area (Å²) in [5.74, 6) is 0.518. The van der Waals surface area contributed by atoms with Gasteiger partial charge in [0.1, 0.15) is 5.75 Å². The van der Waals surface area contributed by atoms with Crippen molar-refractivity contribution >= 4 is 17.7 Å². The third-order valence-electron chi connectivity index (χ3n) is 2.44. The van der Waals surface area contributed by atoms with Crippen LogP contribution >= 0.6 is 11.6 Å². The van der Waals surface area contributed by atoms with E-state index in [0.29, 0.717) is 23.9 Å². The summed E-state index contributed by atoms with van der Waals surface area (Å²) >= 11 is 5.94. The molecule has 1 aromatic rings. The lowest BCUT2D eigenvalue weighted by molar-refractivity contribution is 0.157. The molecule has 0 bridgehead atoms. The Labute approximate surface area is 101 Å². The van der Waals surface area contributed by atoms with Crippen molar-refractivity contribution in [3.05, 3.63) is 28.8 Å². The molecule has 0 fully saturated rings. The molecule has 1 rings (SSSR count). The van der Waals surface area contributed by atoms with Gasteiger partial charge in [-0.1, -0.05) is 17.7 Å². The molecule has 0 aliphatic heterocycles. The molecule has 0 radical (unpaired) electrons. The molecule has 1 aromatic carbocycles. The number of hydrogen-bond donors (Lipinski definition) is 0. The van der Waals surface area contributed by atoms with Gasteiger partial charge in [-0.05, 0) is 32.9 Å². The van der Waals surface area contributed by atoms with Crippen LogP contribution in [0.2, 0.25) is 5.02 Å². The van der Waals surface area contributed by atoms with Crippen molar-refractivity contribution in [3.8, 4) is 5.75 Å². The average Bonchev–Trinajstić information content (AvgIpc) is 2.26. The summed E-state index contributed by atoms with van der Waals surface area (Å²) in [6.45, 7) is 6.92. The SMILES string of the molecule is CCN(CC)C(=O)Oc1cccc(Cl)c1C. The zero-order valence-corrected chi connectivity index (χ0v) is 10.5. The lowest BCUT2D eigenvalue weighted by Gasteiger charge is -2.18. The minimum absolute atomic E-state index is 0.338. The first-order chi connectivity index (χ1) is 7.60. The standard InChI is InChI=1S/C12H16ClNO2/c1-4-14(5-2)12(15)16-11-8-6-7-10(13)9(11)3/h6-8H,4-5H2,1-3H3. The van der Waals surface area contributed by atoms with Crippen LogP contribution in [0.25, 0.3) is 0 Å². The fourth-order valence-electron chi connectivity index (χ4n) is 1.34. The Morgan fingerprint density at radius 3 is 2.56 bits per heavy atom. The number of benzene rings is 1. The van der Waals surface area contributed by atoms with Gasteiger partial charge in [-0.3, -0.25) is 0 Å². The molecule has 3 nitrogen and oxygen atoms in total. The molecule has 1 amide bonds. The number of halogens is 1. The van der Waals surface area contributed by atoms with Crippen molar-refractivity contribution in [2.75, 3.05) is 13.1 Å². The maximum Gasteiger partial charge on any atom is 0.415 e. The second-order valence-electron chi connectivity index (χ2n) is 3.40. The van der Waals surface area contributed by atoms with E-state index in [2.05, 4.69) is 0 Å². The fourth-order valence-corrected chi connectivity index (χ4v) is 1.50. The maximum absolute atomic E-state index is 11.7. The third-order valence-corrected chi connectivity index (χ3v) is 2.85. The Kier molecular flexibility index (Phi) is 4.62. The highest BCUT2D eigenvalue weighted by atomic mass is 35.5. The molecule has 0 N–H and O–H groups in total. The highest BCUT2D eigenvalue weighted by Crippen LogP contribution is 2.25. The van der Waals surface area contributed by atoms with E-state index in [1.165, 1.54) is 0 Å². The minimum Gasteiger partial charge on any atom is -0.410 e. The summed E-state index contributed by atoms with van der Waals surface area (Å²) in [4.78, 5) is 13.3. The fraction of sp³-hybridized carbons (Fsp3) is 0.417. The van der Waals surface area contributed by atoms with Crippen LogP contribution in [0.1, 0.15) is 19.4 Å². The number of carbonyl (C=O) groups is 1. The summed E-state index contributed by atoms with van der Waals surface area (Å²) in [5.41, 5.74) is 0.782. The first kappa shape index (κ1) is 12.8. The van der Waals surface area contributed by atoms with Crippen LogP contribution in [0.4, 0.5) is 4.79 Å². The molecule has 0 atom stereocenters. The molecule has 88 valence electrons. The van der Waals surface area contributed by atoms with Crippen molar-refractivity contribution < 1.29 is 9.53 Å². The van der Waals surface area contributed by atoms with E-state index >= 15 is 0 Å². The predicted octanol–water partition coefficient (Wildman–Crippen LogP) is 3.49. The Hall–Kier alpha value is -1.22. The monoisotopic (exact) mass is 241 g/mol. The van der Waals surface area contributed by atoms with Gasteiger partial charge >= 0.3 is 6.09 Å². The molecular formula is C12H16ClNO2. The molecule has 0 aliphatic carbocycles. The second-order valence-corrected chi connectivity index (χ2v) is 3.81. The first-order valence-corrected chi connectivity index (χ1v) is 5.69. The largest absolute Gasteiger partial charge is 0.415 e. The average molecular weight is 242 g/mol. The van der Waals surface area contributed by atoms with Gasteiger partial charge in [-0.25, -0.2) is 4.79 Å². The predicted molar refractivity (Wildman–Crippen MR) is 65.1 cm³/mol. The molecule has 0 unspecified atom stereocenters. The van der Waals surface area contributed by atoms with Gasteiger partial charge in [0.2, 0.25) is 0 Å². The molecule has 0 saturated heterocycles. The van der Waals surface area contributed by atoms with Gasteiger partial charge in [0, 0.05) is 23.7 Å². The van der Waals surface area contributed by atoms with E-state index in [0.717, 1.165) is 5.56 Å². The molecule has 16 heavy (non-hydrogen) atoms. The van der Waals surface area contributed by atoms with E-state index in [4.69, 9.17) is 16.3 Å². The van der Waals surface area contributed by atoms with Crippen LogP contribution < -0.4 is 4.74 Å². The zero-order chi connectivity index (χ0) is 12.1. The highest BCUT2D eigenvalue weighted by molar-refractivity contribution is 6.31. The number of carbonyl (C=O) groups excluding carboxylic acids is 1. The number of amides is 1. The summed E-state index contributed by atoms with van der Waals surface area (Å²) in [6.07, 6.45) is -0.338. The van der Waals surface area contributed by atoms with Crippen LogP contribution in [0.15, 0.2) is 18.2 Å². The van der Waals surface area contributed by atoms with Gasteiger partial charge in [0.15, 0.2) is 0 Å². The van der Waals surface area contributed by atoms with Crippen molar-refractivity contribution in [2.24, 2.45) is 0 Å². The first-order valence-electron chi connectivity index (χ1n) is 5.32. The number of ether oxygens (including phenoxy) is 1. The molecule has 0 spiro atoms. The second kappa shape index (κ2) is 5.75. The van der Waals surface area contributed by atoms with Crippen molar-refractivity contribution in [3.63, 3.8) is 0 Å². The van der Waals surface area contributed by atoms with E-state index in [1.54, 1.807) is 23.1 Å². The Morgan fingerprint density at radius 1 is 1.38 bits per heavy atom. The topological polar surface area (TPSA) is 29.5 Å². The Bertz CT molecular complexity index is 375. The van der Waals surface area contributed by atoms with Gasteiger partial charge in [-0.2, -0.15) is 0 Å². The van der Waals surface area contributed by atoms with Crippen molar-refractivity contribution in [2.45, 2.75) is 20.8 Å². The molecule has 0 saturated carbocycles. The summed E-state index contributed by atoms with van der Waals surface area (Å²) < 4.78 is 5.27. The smallest absolute Gasteiger partial charge is 0.410 e. The molecule has 0 aromatic heterocycles. The third kappa shape index (κ3) is 2.89. The van der Waals surface area contributed by atoms with Crippen LogP contribution in [0, 0.1) is 6.92 Å². The van der Waals surface area contributed by atoms with Crippen LogP contribution in [0.3, 0.4) is 0 Å². The summed E-state index contributed by atoms with van der Waals surface area (Å²) in [6, 6.07) is 5.27. The van der Waals surface area contributed by atoms with Crippen molar-refractivity contribution in [1.29, 1.82) is 0 Å². The van der Waals surface area contributed by atoms with Gasteiger partial charge in [0.25, 0.3) is 0 Å². The highest BCUT2D eigenvalue weighted by Gasteiger charge is 2.13. The number of rotatable bonds is 3. The van der Waals surface area contributed by atoms with E-state index < -0.39 is 0 Å². The molecule has 4 heteroatoms. The summed E-state index contributed by atoms with van der Waals surface area (Å²) in [7, 11) is 0. The zero-order valence-electron chi connectivity index (χ0n) is 9.79. The van der Waals surface area contributed by atoms with Crippen LogP contribution in [-0.4, -0.2) is 24.1 Å². The maximum atomic E-state index is 11.7. The number of nitrogens with zero attached hydrogens (tertiary/aromatic N) is 1. The lowest BCUT2D eigenvalue weighted by Crippen LogP contribution is -2.33. The van der Waals surface area contributed by atoms with Gasteiger partial charge in [-0.15, -0.1) is 0 Å². The molecule has 0 heterocycles. The van der Waals surface area contributed by atoms with Crippen LogP contribution in [0.5, 0.6) is 5.75 Å². The van der Waals surface area contributed by atoms with Gasteiger partial charge < -0.3 is 9.64 Å². The quantitative estimate of drug-likeness (QED) is 0.811. The Balaban J connectivity index is 2.80. The lowest BCUT2D eigenvalue weighted by atomic mass is 10.2. The van der Waals surface area contributed by atoms with Crippen LogP contribution in [-0.2, 0) is 0 Å². The normalized spacial score (nSPS) is 10.0. The van der Waals surface area contributed by atoms with E-state index in [9.17, 15) is 4.79 Å². The van der Waals surface area contributed by atoms with Gasteiger partial charge in [0.05, 0.1) is 0 Å². The van der Waals surface area contributed by atoms with Crippen molar-refractivity contribution in [1.82, 2.24) is 4.90 Å². The minimum atomic E-state index is -0.338. The number of hydrogen-bond acceptors (Lipinski definition) is 2. The van der Waals surface area contributed by atoms with E-state index in [1.807, 2.05) is 20.8 Å². The Morgan fingerprint density at radius 2 is 2.00 bits per heavy atom. The molecular weight excluding hydrogens is 226 g/mol. The molecule has 0 aliphatic rings. The van der Waals surface area contributed by atoms with E-state index in [-0.39, 0.29) is 6.09 Å².